The van der Waals surface area contributed by atoms with E-state index >= 15 is 0 Å². The van der Waals surface area contributed by atoms with Gasteiger partial charge in [0.15, 0.2) is 0 Å². The van der Waals surface area contributed by atoms with Gasteiger partial charge in [0.25, 0.3) is 0 Å². The highest BCUT2D eigenvalue weighted by Gasteiger charge is 2.45. The molecule has 1 N–H and O–H groups in total. The molecule has 28 heavy (non-hydrogen) atoms. The monoisotopic (exact) mass is 446 g/mol. The van der Waals surface area contributed by atoms with E-state index in [1.807, 2.05) is 72.8 Å². The Bertz CT molecular complexity index is 1200. The van der Waals surface area contributed by atoms with E-state index in [0.717, 1.165) is 43.4 Å². The molecule has 0 heterocycles. The van der Waals surface area contributed by atoms with Gasteiger partial charge in [-0.3, -0.25) is 0 Å². The van der Waals surface area contributed by atoms with E-state index in [9.17, 15) is 5.11 Å². The summed E-state index contributed by atoms with van der Waals surface area (Å²) in [4.78, 5) is 0. The Morgan fingerprint density at radius 3 is 1.96 bits per heavy atom. The van der Waals surface area contributed by atoms with Gasteiger partial charge in [-0.15, -0.1) is 0 Å². The zero-order valence-corrected chi connectivity index (χ0v) is 17.2. The number of halogens is 2. The number of hydrogen-bond acceptors (Lipinski definition) is 1. The number of fused-ring (bicyclic) bond motifs is 3. The van der Waals surface area contributed by atoms with Crippen LogP contribution in [0.5, 0.6) is 0 Å². The van der Waals surface area contributed by atoms with E-state index < -0.39 is 5.60 Å². The molecule has 0 amide bonds. The molecule has 0 fully saturated rings. The average Bonchev–Trinajstić information content (AvgIpc) is 2.99. The zero-order valence-electron chi connectivity index (χ0n) is 14.9. The largest absolute Gasteiger partial charge is 0.376 e. The van der Waals surface area contributed by atoms with Crippen LogP contribution < -0.4 is 0 Å². The van der Waals surface area contributed by atoms with Gasteiger partial charge in [0, 0.05) is 26.2 Å². The van der Waals surface area contributed by atoms with Crippen LogP contribution in [-0.4, -0.2) is 5.11 Å². The second-order valence-electron chi connectivity index (χ2n) is 6.98. The van der Waals surface area contributed by atoms with Gasteiger partial charge in [-0.2, -0.15) is 0 Å². The van der Waals surface area contributed by atoms with Crippen molar-refractivity contribution in [2.75, 3.05) is 0 Å². The smallest absolute Gasteiger partial charge is 0.143 e. The molecular formula is C25H16BrClO. The fourth-order valence-corrected chi connectivity index (χ4v) is 5.37. The predicted molar refractivity (Wildman–Crippen MR) is 119 cm³/mol. The summed E-state index contributed by atoms with van der Waals surface area (Å²) in [6, 6.07) is 30.0. The predicted octanol–water partition coefficient (Wildman–Crippen LogP) is 7.03. The quantitative estimate of drug-likeness (QED) is 0.349. The van der Waals surface area contributed by atoms with Crippen LogP contribution >= 0.6 is 27.5 Å². The van der Waals surface area contributed by atoms with Crippen LogP contribution in [-0.2, 0) is 5.60 Å². The number of benzene rings is 4. The summed E-state index contributed by atoms with van der Waals surface area (Å²) < 4.78 is 0.802. The van der Waals surface area contributed by atoms with Gasteiger partial charge in [0.05, 0.1) is 0 Å². The van der Waals surface area contributed by atoms with Gasteiger partial charge in [0.2, 0.25) is 0 Å². The Morgan fingerprint density at radius 2 is 1.25 bits per heavy atom. The molecule has 1 aliphatic rings. The van der Waals surface area contributed by atoms with Crippen LogP contribution in [0.15, 0.2) is 95.5 Å². The summed E-state index contributed by atoms with van der Waals surface area (Å²) in [7, 11) is 0. The minimum atomic E-state index is -1.28. The lowest BCUT2D eigenvalue weighted by Gasteiger charge is -2.30. The van der Waals surface area contributed by atoms with Gasteiger partial charge in [-0.1, -0.05) is 106 Å². The molecule has 1 nitrogen and oxygen atoms in total. The molecule has 0 saturated heterocycles. The molecular weight excluding hydrogens is 432 g/mol. The summed E-state index contributed by atoms with van der Waals surface area (Å²) in [6.07, 6.45) is 0. The highest BCUT2D eigenvalue weighted by atomic mass is 79.9. The lowest BCUT2D eigenvalue weighted by atomic mass is 9.80. The van der Waals surface area contributed by atoms with E-state index in [2.05, 4.69) is 34.1 Å². The van der Waals surface area contributed by atoms with Gasteiger partial charge < -0.3 is 5.11 Å². The molecule has 0 aliphatic heterocycles. The molecule has 136 valence electrons. The molecule has 4 aromatic carbocycles. The lowest BCUT2D eigenvalue weighted by molar-refractivity contribution is 0.130. The van der Waals surface area contributed by atoms with Crippen LogP contribution in [0, 0.1) is 0 Å². The minimum absolute atomic E-state index is 0.640. The Balaban J connectivity index is 1.88. The summed E-state index contributed by atoms with van der Waals surface area (Å²) in [5, 5.41) is 12.9. The summed E-state index contributed by atoms with van der Waals surface area (Å²) in [5.74, 6) is 0. The Labute approximate surface area is 177 Å². The van der Waals surface area contributed by atoms with Gasteiger partial charge in [0.1, 0.15) is 5.60 Å². The number of aliphatic hydroxyl groups is 1. The van der Waals surface area contributed by atoms with E-state index in [4.69, 9.17) is 11.6 Å². The van der Waals surface area contributed by atoms with Gasteiger partial charge in [-0.05, 0) is 34.4 Å². The second-order valence-corrected chi connectivity index (χ2v) is 8.27. The molecule has 0 bridgehead atoms. The van der Waals surface area contributed by atoms with E-state index in [0.29, 0.717) is 5.02 Å². The fourth-order valence-electron chi connectivity index (χ4n) is 4.27. The molecule has 3 heteroatoms. The number of hydrogen-bond donors (Lipinski definition) is 1. The van der Waals surface area contributed by atoms with E-state index in [-0.39, 0.29) is 0 Å². The molecule has 1 aliphatic carbocycles. The first-order chi connectivity index (χ1) is 13.6. The summed E-state index contributed by atoms with van der Waals surface area (Å²) in [6.45, 7) is 0. The third kappa shape index (κ3) is 2.49. The van der Waals surface area contributed by atoms with Crippen LogP contribution in [0.4, 0.5) is 0 Å². The fraction of sp³-hybridized carbons (Fsp3) is 0.0400. The first kappa shape index (κ1) is 17.7. The maximum absolute atomic E-state index is 12.3. The van der Waals surface area contributed by atoms with Crippen LogP contribution in [0.2, 0.25) is 5.02 Å². The molecule has 0 saturated carbocycles. The maximum atomic E-state index is 12.3. The highest BCUT2D eigenvalue weighted by molar-refractivity contribution is 9.10. The van der Waals surface area contributed by atoms with Crippen molar-refractivity contribution in [3.05, 3.63) is 117 Å². The van der Waals surface area contributed by atoms with Crippen molar-refractivity contribution in [3.63, 3.8) is 0 Å². The molecule has 5 rings (SSSR count). The topological polar surface area (TPSA) is 20.2 Å². The zero-order chi connectivity index (χ0) is 19.3. The van der Waals surface area contributed by atoms with Crippen LogP contribution in [0.1, 0.15) is 16.7 Å². The summed E-state index contributed by atoms with van der Waals surface area (Å²) in [5.41, 5.74) is 5.33. The third-order valence-electron chi connectivity index (χ3n) is 5.43. The number of rotatable bonds is 2. The molecule has 0 spiro atoms. The van der Waals surface area contributed by atoms with Gasteiger partial charge in [-0.25, -0.2) is 0 Å². The highest BCUT2D eigenvalue weighted by Crippen LogP contribution is 2.55. The van der Waals surface area contributed by atoms with Crippen molar-refractivity contribution in [1.82, 2.24) is 0 Å². The van der Waals surface area contributed by atoms with Crippen LogP contribution in [0.3, 0.4) is 0 Å². The minimum Gasteiger partial charge on any atom is -0.376 e. The SMILES string of the molecule is OC1(c2ccccc2-c2ccccc2)c2ccccc2-c2cc(Cl)cc(Br)c21. The van der Waals surface area contributed by atoms with E-state index in [1.165, 1.54) is 0 Å². The molecule has 4 aromatic rings. The second kappa shape index (κ2) is 6.59. The normalized spacial score (nSPS) is 17.2. The Kier molecular flexibility index (Phi) is 4.17. The average molecular weight is 448 g/mol. The molecule has 1 unspecified atom stereocenters. The molecule has 1 atom stereocenters. The van der Waals surface area contributed by atoms with Crippen molar-refractivity contribution in [1.29, 1.82) is 0 Å². The summed E-state index contributed by atoms with van der Waals surface area (Å²) >= 11 is 10.0. The van der Waals surface area contributed by atoms with Crippen molar-refractivity contribution in [3.8, 4) is 22.3 Å². The van der Waals surface area contributed by atoms with E-state index in [1.54, 1.807) is 0 Å². The maximum Gasteiger partial charge on any atom is 0.143 e. The van der Waals surface area contributed by atoms with Crippen molar-refractivity contribution in [2.45, 2.75) is 5.60 Å². The third-order valence-corrected chi connectivity index (χ3v) is 6.27. The first-order valence-corrected chi connectivity index (χ1v) is 10.2. The first-order valence-electron chi connectivity index (χ1n) is 9.07. The standard InChI is InChI=1S/C25H16BrClO/c26-23-15-17(27)14-20-19-11-5-7-13-22(19)25(28,24(20)23)21-12-6-4-10-18(21)16-8-2-1-3-9-16/h1-15,28H. The molecule has 0 aromatic heterocycles. The van der Waals surface area contributed by atoms with Crippen LogP contribution in [0.25, 0.3) is 22.3 Å². The van der Waals surface area contributed by atoms with Crippen molar-refractivity contribution in [2.24, 2.45) is 0 Å². The van der Waals surface area contributed by atoms with Crippen molar-refractivity contribution < 1.29 is 5.11 Å². The Morgan fingerprint density at radius 1 is 0.679 bits per heavy atom. The molecule has 0 radical (unpaired) electrons. The van der Waals surface area contributed by atoms with Gasteiger partial charge >= 0.3 is 0 Å². The lowest BCUT2D eigenvalue weighted by Crippen LogP contribution is -2.27. The Hall–Kier alpha value is -2.39. The van der Waals surface area contributed by atoms with Crippen molar-refractivity contribution >= 4 is 27.5 Å².